The SMILES string of the molecule is [Cu+].[c-]1csnn1. The van der Waals surface area contributed by atoms with Crippen molar-refractivity contribution in [2.75, 3.05) is 0 Å². The summed E-state index contributed by atoms with van der Waals surface area (Å²) in [5.41, 5.74) is 0. The van der Waals surface area contributed by atoms with Crippen LogP contribution in [0.2, 0.25) is 0 Å². The number of nitrogens with zero attached hydrogens (tertiary/aromatic N) is 2. The quantitative estimate of drug-likeness (QED) is 0.392. The third-order valence-corrected chi connectivity index (χ3v) is 0.638. The summed E-state index contributed by atoms with van der Waals surface area (Å²) in [6.07, 6.45) is 2.52. The number of rotatable bonds is 0. The van der Waals surface area contributed by atoms with Gasteiger partial charge >= 0.3 is 17.1 Å². The molecule has 1 rings (SSSR count). The number of hydrogen-bond acceptors (Lipinski definition) is 3. The van der Waals surface area contributed by atoms with E-state index in [9.17, 15) is 0 Å². The Kier molecular flexibility index (Phi) is 3.32. The number of hydrogen-bond donors (Lipinski definition) is 0. The van der Waals surface area contributed by atoms with Crippen LogP contribution < -0.4 is 0 Å². The van der Waals surface area contributed by atoms with Crippen molar-refractivity contribution in [3.05, 3.63) is 11.6 Å². The molecule has 2 nitrogen and oxygen atoms in total. The maximum Gasteiger partial charge on any atom is 1.00 e. The topological polar surface area (TPSA) is 25.8 Å². The molecular weight excluding hydrogens is 148 g/mol. The molecule has 0 bridgehead atoms. The minimum atomic E-state index is 0. The van der Waals surface area contributed by atoms with Crippen LogP contribution >= 0.6 is 11.5 Å². The minimum absolute atomic E-state index is 0. The standard InChI is InChI=1S/C2HN2S.Cu/c1-2-5-4-3-1;/h2H;/q-1;+1. The molecule has 0 aromatic carbocycles. The third-order valence-electron chi connectivity index (χ3n) is 0.251. The molecule has 0 radical (unpaired) electrons. The van der Waals surface area contributed by atoms with E-state index in [2.05, 4.69) is 15.8 Å². The van der Waals surface area contributed by atoms with Crippen molar-refractivity contribution in [2.45, 2.75) is 0 Å². The second-order valence-corrected chi connectivity index (χ2v) is 1.14. The van der Waals surface area contributed by atoms with Crippen molar-refractivity contribution in [2.24, 2.45) is 0 Å². The van der Waals surface area contributed by atoms with Gasteiger partial charge in [-0.25, -0.2) is 0 Å². The van der Waals surface area contributed by atoms with Gasteiger partial charge in [0.1, 0.15) is 0 Å². The summed E-state index contributed by atoms with van der Waals surface area (Å²) in [7, 11) is 0. The first-order valence-corrected chi connectivity index (χ1v) is 1.97. The van der Waals surface area contributed by atoms with E-state index >= 15 is 0 Å². The van der Waals surface area contributed by atoms with Crippen LogP contribution in [0.1, 0.15) is 0 Å². The Morgan fingerprint density at radius 3 is 2.67 bits per heavy atom. The molecule has 1 heterocycles. The molecule has 0 aliphatic heterocycles. The fraction of sp³-hybridized carbons (Fsp3) is 0. The predicted octanol–water partition coefficient (Wildman–Crippen LogP) is 0.336. The molecule has 0 saturated carbocycles. The first-order chi connectivity index (χ1) is 2.50. The van der Waals surface area contributed by atoms with Gasteiger partial charge in [0.2, 0.25) is 0 Å². The van der Waals surface area contributed by atoms with Crippen LogP contribution in [0.25, 0.3) is 0 Å². The molecule has 0 aliphatic rings. The molecule has 0 aliphatic carbocycles. The zero-order chi connectivity index (χ0) is 3.54. The molecular formula is C2HCuN2S. The van der Waals surface area contributed by atoms with Crippen LogP contribution in [-0.2, 0) is 17.1 Å². The third kappa shape index (κ3) is 1.50. The Bertz CT molecular complexity index is 68.0. The van der Waals surface area contributed by atoms with Crippen molar-refractivity contribution in [3.63, 3.8) is 0 Å². The largest absolute Gasteiger partial charge is 1.00 e. The molecule has 36 valence electrons. The van der Waals surface area contributed by atoms with Crippen molar-refractivity contribution in [1.82, 2.24) is 9.59 Å². The Balaban J connectivity index is 0.000000250. The summed E-state index contributed by atoms with van der Waals surface area (Å²) in [5.74, 6) is 0. The Hall–Kier alpha value is 0.0795. The average molecular weight is 149 g/mol. The van der Waals surface area contributed by atoms with Gasteiger partial charge in [-0.1, -0.05) is 11.5 Å². The molecule has 6 heavy (non-hydrogen) atoms. The van der Waals surface area contributed by atoms with E-state index in [1.807, 2.05) is 0 Å². The second kappa shape index (κ2) is 3.28. The van der Waals surface area contributed by atoms with E-state index in [-0.39, 0.29) is 17.1 Å². The molecule has 0 N–H and O–H groups in total. The van der Waals surface area contributed by atoms with E-state index in [1.54, 1.807) is 5.38 Å². The summed E-state index contributed by atoms with van der Waals surface area (Å²) < 4.78 is 3.46. The van der Waals surface area contributed by atoms with Gasteiger partial charge in [-0.3, -0.25) is 0 Å². The van der Waals surface area contributed by atoms with Crippen LogP contribution in [0.4, 0.5) is 0 Å². The van der Waals surface area contributed by atoms with E-state index in [0.29, 0.717) is 0 Å². The minimum Gasteiger partial charge on any atom is -0.359 e. The van der Waals surface area contributed by atoms with Gasteiger partial charge in [0.15, 0.2) is 0 Å². The molecule has 0 amide bonds. The fourth-order valence-electron chi connectivity index (χ4n) is 0.118. The zero-order valence-electron chi connectivity index (χ0n) is 2.68. The number of aromatic nitrogens is 2. The smallest absolute Gasteiger partial charge is 0.359 e. The first kappa shape index (κ1) is 6.08. The molecule has 0 atom stereocenters. The van der Waals surface area contributed by atoms with Crippen molar-refractivity contribution in [1.29, 1.82) is 0 Å². The normalized spacial score (nSPS) is 6.67. The summed E-state index contributed by atoms with van der Waals surface area (Å²) in [6.45, 7) is 0. The molecule has 0 unspecified atom stereocenters. The second-order valence-electron chi connectivity index (χ2n) is 0.534. The summed E-state index contributed by atoms with van der Waals surface area (Å²) in [5, 5.41) is 5.06. The predicted molar refractivity (Wildman–Crippen MR) is 18.7 cm³/mol. The first-order valence-electron chi connectivity index (χ1n) is 1.13. The van der Waals surface area contributed by atoms with Gasteiger partial charge in [-0.2, -0.15) is 5.38 Å². The molecule has 1 aromatic rings. The van der Waals surface area contributed by atoms with Crippen molar-refractivity contribution < 1.29 is 17.1 Å². The molecule has 1 aromatic heterocycles. The molecule has 0 fully saturated rings. The Morgan fingerprint density at radius 2 is 2.50 bits per heavy atom. The van der Waals surface area contributed by atoms with Crippen LogP contribution in [0.3, 0.4) is 0 Å². The fourth-order valence-corrected chi connectivity index (χ4v) is 0.354. The van der Waals surface area contributed by atoms with E-state index in [0.717, 1.165) is 0 Å². The Labute approximate surface area is 50.2 Å². The summed E-state index contributed by atoms with van der Waals surface area (Å²) in [6, 6.07) is 0. The van der Waals surface area contributed by atoms with E-state index in [4.69, 9.17) is 0 Å². The maximum absolute atomic E-state index is 3.46. The van der Waals surface area contributed by atoms with E-state index < -0.39 is 0 Å². The molecule has 0 spiro atoms. The maximum atomic E-state index is 3.46. The molecule has 0 saturated heterocycles. The van der Waals surface area contributed by atoms with Gasteiger partial charge in [0, 0.05) is 0 Å². The zero-order valence-corrected chi connectivity index (χ0v) is 4.44. The van der Waals surface area contributed by atoms with Crippen molar-refractivity contribution in [3.8, 4) is 0 Å². The van der Waals surface area contributed by atoms with Crippen LogP contribution in [-0.4, -0.2) is 9.59 Å². The monoisotopic (exact) mass is 148 g/mol. The Morgan fingerprint density at radius 1 is 1.67 bits per heavy atom. The van der Waals surface area contributed by atoms with Crippen molar-refractivity contribution >= 4 is 11.5 Å². The van der Waals surface area contributed by atoms with Gasteiger partial charge in [0.25, 0.3) is 0 Å². The average Bonchev–Trinajstić information content (AvgIpc) is 1.76. The van der Waals surface area contributed by atoms with Crippen LogP contribution in [0.15, 0.2) is 5.38 Å². The van der Waals surface area contributed by atoms with Gasteiger partial charge in [-0.15, -0.1) is 4.49 Å². The summed E-state index contributed by atoms with van der Waals surface area (Å²) >= 11 is 1.30. The molecule has 4 heteroatoms. The van der Waals surface area contributed by atoms with Crippen LogP contribution in [0.5, 0.6) is 0 Å². The van der Waals surface area contributed by atoms with Gasteiger partial charge in [-0.05, 0) is 0 Å². The van der Waals surface area contributed by atoms with Crippen LogP contribution in [0, 0.1) is 6.20 Å². The van der Waals surface area contributed by atoms with Gasteiger partial charge < -0.3 is 11.3 Å². The van der Waals surface area contributed by atoms with E-state index in [1.165, 1.54) is 11.5 Å². The summed E-state index contributed by atoms with van der Waals surface area (Å²) in [4.78, 5) is 0. The van der Waals surface area contributed by atoms with Gasteiger partial charge in [0.05, 0.1) is 0 Å².